The lowest BCUT2D eigenvalue weighted by molar-refractivity contribution is 0.377. The van der Waals surface area contributed by atoms with Gasteiger partial charge in [-0.25, -0.2) is 13.1 Å². The van der Waals surface area contributed by atoms with Crippen molar-refractivity contribution in [3.05, 3.63) is 47.3 Å². The molecule has 2 rings (SSSR count). The van der Waals surface area contributed by atoms with E-state index in [9.17, 15) is 8.42 Å². The van der Waals surface area contributed by atoms with E-state index < -0.39 is 10.0 Å². The van der Waals surface area contributed by atoms with Crippen molar-refractivity contribution >= 4 is 10.0 Å². The van der Waals surface area contributed by atoms with Gasteiger partial charge in [0, 0.05) is 12.6 Å². The molecule has 0 atom stereocenters. The van der Waals surface area contributed by atoms with Crippen molar-refractivity contribution in [1.82, 2.24) is 15.2 Å². The normalized spacial score (nSPS) is 11.7. The van der Waals surface area contributed by atoms with E-state index in [0.717, 1.165) is 11.3 Å². The van der Waals surface area contributed by atoms with E-state index in [2.05, 4.69) is 15.2 Å². The lowest BCUT2D eigenvalue weighted by Gasteiger charge is -2.07. The Balaban J connectivity index is 2.11. The Kier molecular flexibility index (Phi) is 4.53. The summed E-state index contributed by atoms with van der Waals surface area (Å²) in [7, 11) is -1.74. The summed E-state index contributed by atoms with van der Waals surface area (Å²) in [4.78, 5) is 0.237. The highest BCUT2D eigenvalue weighted by Gasteiger charge is 2.15. The third kappa shape index (κ3) is 3.66. The minimum Gasteiger partial charge on any atom is -0.360 e. The number of aryl methyl sites for hydroxylation is 1. The summed E-state index contributed by atoms with van der Waals surface area (Å²) in [6.45, 7) is 2.48. The number of hydrogen-bond donors (Lipinski definition) is 2. The molecule has 20 heavy (non-hydrogen) atoms. The van der Waals surface area contributed by atoms with Gasteiger partial charge < -0.3 is 9.84 Å². The van der Waals surface area contributed by atoms with Gasteiger partial charge >= 0.3 is 0 Å². The van der Waals surface area contributed by atoms with Crippen LogP contribution < -0.4 is 10.0 Å². The Labute approximate surface area is 118 Å². The summed E-state index contributed by atoms with van der Waals surface area (Å²) in [6, 6.07) is 8.49. The van der Waals surface area contributed by atoms with Crippen molar-refractivity contribution in [2.75, 3.05) is 7.05 Å². The quantitative estimate of drug-likeness (QED) is 0.836. The summed E-state index contributed by atoms with van der Waals surface area (Å²) in [5, 5.41) is 6.70. The number of nitrogens with zero attached hydrogens (tertiary/aromatic N) is 1. The molecule has 1 aromatic heterocycles. The number of rotatable bonds is 6. The third-order valence-corrected chi connectivity index (χ3v) is 4.10. The van der Waals surface area contributed by atoms with E-state index in [-0.39, 0.29) is 11.4 Å². The molecule has 0 radical (unpaired) electrons. The Hall–Kier alpha value is -1.70. The second-order valence-electron chi connectivity index (χ2n) is 4.44. The standard InChI is InChI=1S/C13H17N3O3S/c1-10-6-12(19-16-10)9-15-20(17,18)13-5-3-4-11(7-13)8-14-2/h3-7,14-15H,8-9H2,1-2H3. The van der Waals surface area contributed by atoms with Gasteiger partial charge in [0.15, 0.2) is 5.76 Å². The Bertz CT molecular complexity index is 680. The summed E-state index contributed by atoms with van der Waals surface area (Å²) < 4.78 is 31.8. The lowest BCUT2D eigenvalue weighted by Crippen LogP contribution is -2.23. The van der Waals surface area contributed by atoms with Gasteiger partial charge in [-0.15, -0.1) is 0 Å². The predicted molar refractivity (Wildman–Crippen MR) is 74.5 cm³/mol. The molecule has 108 valence electrons. The van der Waals surface area contributed by atoms with Crippen LogP contribution in [0, 0.1) is 6.92 Å². The van der Waals surface area contributed by atoms with Crippen molar-refractivity contribution in [2.24, 2.45) is 0 Å². The van der Waals surface area contributed by atoms with Crippen LogP contribution in [0.1, 0.15) is 17.0 Å². The maximum Gasteiger partial charge on any atom is 0.240 e. The van der Waals surface area contributed by atoms with Crippen LogP contribution in [0.4, 0.5) is 0 Å². The van der Waals surface area contributed by atoms with Gasteiger partial charge in [-0.2, -0.15) is 0 Å². The van der Waals surface area contributed by atoms with Gasteiger partial charge in [-0.05, 0) is 31.7 Å². The highest BCUT2D eigenvalue weighted by molar-refractivity contribution is 7.89. The number of sulfonamides is 1. The third-order valence-electron chi connectivity index (χ3n) is 2.70. The molecule has 0 aliphatic carbocycles. The van der Waals surface area contributed by atoms with Crippen LogP contribution in [0.15, 0.2) is 39.8 Å². The van der Waals surface area contributed by atoms with Crippen molar-refractivity contribution in [3.63, 3.8) is 0 Å². The zero-order valence-corrected chi connectivity index (χ0v) is 12.2. The maximum atomic E-state index is 12.2. The number of hydrogen-bond acceptors (Lipinski definition) is 5. The van der Waals surface area contributed by atoms with Crippen LogP contribution in [0.5, 0.6) is 0 Å². The second-order valence-corrected chi connectivity index (χ2v) is 6.20. The van der Waals surface area contributed by atoms with E-state index in [0.29, 0.717) is 12.3 Å². The molecule has 0 spiro atoms. The average Bonchev–Trinajstić information content (AvgIpc) is 2.83. The second kappa shape index (κ2) is 6.17. The fourth-order valence-electron chi connectivity index (χ4n) is 1.78. The highest BCUT2D eigenvalue weighted by Crippen LogP contribution is 2.12. The highest BCUT2D eigenvalue weighted by atomic mass is 32.2. The van der Waals surface area contributed by atoms with Crippen LogP contribution in [0.2, 0.25) is 0 Å². The maximum absolute atomic E-state index is 12.2. The average molecular weight is 295 g/mol. The van der Waals surface area contributed by atoms with E-state index in [1.54, 1.807) is 31.2 Å². The van der Waals surface area contributed by atoms with Crippen LogP contribution in [0.25, 0.3) is 0 Å². The molecule has 0 bridgehead atoms. The number of nitrogens with one attached hydrogen (secondary N) is 2. The molecule has 7 heteroatoms. The van der Waals surface area contributed by atoms with Gasteiger partial charge in [0.1, 0.15) is 0 Å². The molecule has 0 saturated carbocycles. The molecule has 0 fully saturated rings. The first-order valence-corrected chi connectivity index (χ1v) is 7.65. The molecule has 0 unspecified atom stereocenters. The lowest BCUT2D eigenvalue weighted by atomic mass is 10.2. The topological polar surface area (TPSA) is 84.2 Å². The summed E-state index contributed by atoms with van der Waals surface area (Å²) in [6.07, 6.45) is 0. The number of aromatic nitrogens is 1. The predicted octanol–water partition coefficient (Wildman–Crippen LogP) is 1.18. The molecule has 1 aromatic carbocycles. The van der Waals surface area contributed by atoms with Crippen molar-refractivity contribution in [2.45, 2.75) is 24.9 Å². The fraction of sp³-hybridized carbons (Fsp3) is 0.308. The first-order valence-electron chi connectivity index (χ1n) is 6.16. The molecular weight excluding hydrogens is 278 g/mol. The van der Waals surface area contributed by atoms with Gasteiger partial charge in [-0.1, -0.05) is 17.3 Å². The van der Waals surface area contributed by atoms with Gasteiger partial charge in [0.05, 0.1) is 17.1 Å². The summed E-state index contributed by atoms with van der Waals surface area (Å²) >= 11 is 0. The molecule has 0 aliphatic rings. The van der Waals surface area contributed by atoms with Crippen molar-refractivity contribution in [1.29, 1.82) is 0 Å². The van der Waals surface area contributed by atoms with Crippen LogP contribution in [-0.4, -0.2) is 20.6 Å². The smallest absolute Gasteiger partial charge is 0.240 e. The molecule has 0 aliphatic heterocycles. The van der Waals surface area contributed by atoms with Crippen LogP contribution >= 0.6 is 0 Å². The minimum absolute atomic E-state index is 0.0828. The van der Waals surface area contributed by atoms with Crippen molar-refractivity contribution in [3.8, 4) is 0 Å². The minimum atomic E-state index is -3.56. The molecule has 0 saturated heterocycles. The van der Waals surface area contributed by atoms with Crippen LogP contribution in [0.3, 0.4) is 0 Å². The monoisotopic (exact) mass is 295 g/mol. The molecule has 2 N–H and O–H groups in total. The zero-order valence-electron chi connectivity index (χ0n) is 11.4. The van der Waals surface area contributed by atoms with Crippen LogP contribution in [-0.2, 0) is 23.1 Å². The molecule has 6 nitrogen and oxygen atoms in total. The largest absolute Gasteiger partial charge is 0.360 e. The van der Waals surface area contributed by atoms with E-state index in [1.165, 1.54) is 0 Å². The molecule has 2 aromatic rings. The summed E-state index contributed by atoms with van der Waals surface area (Å²) in [5.74, 6) is 0.484. The zero-order chi connectivity index (χ0) is 14.6. The Morgan fingerprint density at radius 2 is 2.05 bits per heavy atom. The van der Waals surface area contributed by atoms with E-state index in [4.69, 9.17) is 4.52 Å². The first-order chi connectivity index (χ1) is 9.51. The molecule has 0 amide bonds. The SMILES string of the molecule is CNCc1cccc(S(=O)(=O)NCc2cc(C)no2)c1. The van der Waals surface area contributed by atoms with E-state index in [1.807, 2.05) is 13.1 Å². The van der Waals surface area contributed by atoms with Gasteiger partial charge in [-0.3, -0.25) is 0 Å². The molecular formula is C13H17N3O3S. The van der Waals surface area contributed by atoms with E-state index >= 15 is 0 Å². The fourth-order valence-corrected chi connectivity index (χ4v) is 2.84. The Morgan fingerprint density at radius 3 is 2.70 bits per heavy atom. The van der Waals surface area contributed by atoms with Gasteiger partial charge in [0.25, 0.3) is 0 Å². The first kappa shape index (κ1) is 14.7. The number of benzene rings is 1. The van der Waals surface area contributed by atoms with Gasteiger partial charge in [0.2, 0.25) is 10.0 Å². The van der Waals surface area contributed by atoms with Crippen molar-refractivity contribution < 1.29 is 12.9 Å². The Morgan fingerprint density at radius 1 is 1.25 bits per heavy atom. The summed E-state index contributed by atoms with van der Waals surface area (Å²) in [5.41, 5.74) is 1.63. The molecule has 1 heterocycles.